The van der Waals surface area contributed by atoms with E-state index in [0.29, 0.717) is 11.6 Å². The molecule has 7 rings (SSSR count). The molecule has 1 saturated carbocycles. The molecule has 1 aliphatic carbocycles. The smallest absolute Gasteiger partial charge is 0.167 e. The van der Waals surface area contributed by atoms with Crippen molar-refractivity contribution in [1.82, 2.24) is 24.4 Å². The molecule has 42 heavy (non-hydrogen) atoms. The molecule has 214 valence electrons. The molecule has 0 bridgehead atoms. The number of nitrogens with one attached hydrogen (secondary N) is 1. The molecule has 2 aliphatic rings. The Hall–Kier alpha value is -4.31. The molecule has 9 heteroatoms. The van der Waals surface area contributed by atoms with E-state index in [-0.39, 0.29) is 5.54 Å². The summed E-state index contributed by atoms with van der Waals surface area (Å²) in [6.07, 6.45) is 5.84. The van der Waals surface area contributed by atoms with Gasteiger partial charge in [-0.25, -0.2) is 15.0 Å². The predicted molar refractivity (Wildman–Crippen MR) is 167 cm³/mol. The minimum atomic E-state index is -0.226. The van der Waals surface area contributed by atoms with Crippen LogP contribution in [0.2, 0.25) is 0 Å². The molecular formula is C33H36N8O. The summed E-state index contributed by atoms with van der Waals surface area (Å²) in [5.41, 5.74) is 19.4. The van der Waals surface area contributed by atoms with Crippen LogP contribution in [0.3, 0.4) is 0 Å². The largest absolute Gasteiger partial charge is 0.383 e. The number of fused-ring (bicyclic) bond motifs is 1. The van der Waals surface area contributed by atoms with Gasteiger partial charge in [-0.05, 0) is 79.3 Å². The van der Waals surface area contributed by atoms with Crippen molar-refractivity contribution >= 4 is 28.5 Å². The summed E-state index contributed by atoms with van der Waals surface area (Å²) >= 11 is 0. The Balaban J connectivity index is 1.25. The van der Waals surface area contributed by atoms with Crippen LogP contribution in [0.25, 0.3) is 28.2 Å². The van der Waals surface area contributed by atoms with Crippen LogP contribution in [0.5, 0.6) is 0 Å². The van der Waals surface area contributed by atoms with Crippen LogP contribution >= 0.6 is 0 Å². The van der Waals surface area contributed by atoms with Crippen LogP contribution in [0.15, 0.2) is 79.0 Å². The Morgan fingerprint density at radius 2 is 1.71 bits per heavy atom. The zero-order chi connectivity index (χ0) is 28.5. The molecule has 0 amide bonds. The average molecular weight is 561 g/mol. The molecule has 0 atom stereocenters. The number of aromatic nitrogens is 4. The second kappa shape index (κ2) is 11.2. The van der Waals surface area contributed by atoms with Crippen LogP contribution in [0, 0.1) is 0 Å². The summed E-state index contributed by atoms with van der Waals surface area (Å²) in [6.45, 7) is 4.57. The molecule has 5 aromatic rings. The van der Waals surface area contributed by atoms with Crippen LogP contribution in [0.1, 0.15) is 30.4 Å². The molecule has 4 heterocycles. The van der Waals surface area contributed by atoms with Crippen LogP contribution < -0.4 is 16.8 Å². The van der Waals surface area contributed by atoms with Gasteiger partial charge in [0.15, 0.2) is 11.5 Å². The van der Waals surface area contributed by atoms with E-state index in [1.807, 2.05) is 24.3 Å². The minimum Gasteiger partial charge on any atom is -0.383 e. The Bertz CT molecular complexity index is 1700. The first-order chi connectivity index (χ1) is 20.6. The number of para-hydroxylation sites is 1. The molecular weight excluding hydrogens is 524 g/mol. The van der Waals surface area contributed by atoms with E-state index in [9.17, 15) is 0 Å². The van der Waals surface area contributed by atoms with Gasteiger partial charge in [-0.2, -0.15) is 0 Å². The fraction of sp³-hybridized carbons (Fsp3) is 0.303. The van der Waals surface area contributed by atoms with Crippen molar-refractivity contribution in [2.45, 2.75) is 31.2 Å². The maximum Gasteiger partial charge on any atom is 0.167 e. The van der Waals surface area contributed by atoms with Gasteiger partial charge in [0.05, 0.1) is 18.8 Å². The van der Waals surface area contributed by atoms with E-state index in [2.05, 4.69) is 68.3 Å². The zero-order valence-electron chi connectivity index (χ0n) is 23.7. The number of nitrogen functional groups attached to an aromatic ring is 1. The third-order valence-electron chi connectivity index (χ3n) is 8.61. The number of ether oxygens (including phenoxy) is 1. The average Bonchev–Trinajstić information content (AvgIpc) is 3.39. The maximum atomic E-state index is 6.62. The van der Waals surface area contributed by atoms with Gasteiger partial charge in [0, 0.05) is 42.7 Å². The van der Waals surface area contributed by atoms with Crippen LogP contribution in [0.4, 0.5) is 17.3 Å². The highest BCUT2D eigenvalue weighted by Gasteiger charge is 2.34. The Kier molecular flexibility index (Phi) is 7.07. The van der Waals surface area contributed by atoms with Crippen LogP contribution in [-0.4, -0.2) is 57.3 Å². The van der Waals surface area contributed by atoms with Crippen molar-refractivity contribution < 1.29 is 4.74 Å². The van der Waals surface area contributed by atoms with E-state index < -0.39 is 0 Å². The van der Waals surface area contributed by atoms with Crippen molar-refractivity contribution in [1.29, 1.82) is 0 Å². The molecule has 0 spiro atoms. The Labute approximate surface area is 245 Å². The molecule has 9 nitrogen and oxygen atoms in total. The van der Waals surface area contributed by atoms with Crippen molar-refractivity contribution in [3.8, 4) is 17.1 Å². The van der Waals surface area contributed by atoms with E-state index in [4.69, 9.17) is 26.2 Å². The second-order valence-electron chi connectivity index (χ2n) is 11.3. The maximum absolute atomic E-state index is 6.62. The van der Waals surface area contributed by atoms with Gasteiger partial charge >= 0.3 is 0 Å². The van der Waals surface area contributed by atoms with Gasteiger partial charge in [-0.15, -0.1) is 0 Å². The monoisotopic (exact) mass is 560 g/mol. The summed E-state index contributed by atoms with van der Waals surface area (Å²) in [5, 5.41) is 3.59. The van der Waals surface area contributed by atoms with Gasteiger partial charge < -0.3 is 21.5 Å². The van der Waals surface area contributed by atoms with Gasteiger partial charge in [-0.3, -0.25) is 9.47 Å². The van der Waals surface area contributed by atoms with Crippen molar-refractivity contribution in [2.24, 2.45) is 5.73 Å². The lowest BCUT2D eigenvalue weighted by Crippen LogP contribution is -2.43. The Morgan fingerprint density at radius 1 is 0.905 bits per heavy atom. The number of imidazole rings is 1. The van der Waals surface area contributed by atoms with E-state index >= 15 is 0 Å². The summed E-state index contributed by atoms with van der Waals surface area (Å²) in [4.78, 5) is 16.8. The highest BCUT2D eigenvalue weighted by atomic mass is 16.5. The fourth-order valence-electron chi connectivity index (χ4n) is 5.95. The van der Waals surface area contributed by atoms with Crippen molar-refractivity contribution in [3.63, 3.8) is 0 Å². The lowest BCUT2D eigenvalue weighted by molar-refractivity contribution is 0.0384. The summed E-state index contributed by atoms with van der Waals surface area (Å²) in [6, 6.07) is 24.7. The number of nitrogens with two attached hydrogens (primary N) is 2. The predicted octanol–water partition coefficient (Wildman–Crippen LogP) is 5.02. The van der Waals surface area contributed by atoms with Crippen molar-refractivity contribution in [3.05, 3.63) is 90.1 Å². The topological polar surface area (TPSA) is 120 Å². The number of rotatable bonds is 8. The number of hydrogen-bond donors (Lipinski definition) is 3. The molecule has 2 fully saturated rings. The number of nitrogens with zero attached hydrogens (tertiary/aromatic N) is 5. The number of hydrogen-bond acceptors (Lipinski definition) is 8. The van der Waals surface area contributed by atoms with E-state index in [1.165, 1.54) is 12.0 Å². The SMILES string of the molecule is Nc1ncccc1-c1nc2ccc(Nc3ccccc3CCN3CCOCC3)nc2n1-c1ccc(C2(N)CCC2)cc1. The molecule has 2 aromatic carbocycles. The number of pyridine rings is 2. The first kappa shape index (κ1) is 26.6. The molecule has 0 radical (unpaired) electrons. The van der Waals surface area contributed by atoms with Crippen LogP contribution in [-0.2, 0) is 16.7 Å². The lowest BCUT2D eigenvalue weighted by Gasteiger charge is -2.38. The fourth-order valence-corrected chi connectivity index (χ4v) is 5.95. The summed E-state index contributed by atoms with van der Waals surface area (Å²) in [7, 11) is 0. The van der Waals surface area contributed by atoms with Gasteiger partial charge in [0.2, 0.25) is 0 Å². The number of benzene rings is 2. The summed E-state index contributed by atoms with van der Waals surface area (Å²) in [5.74, 6) is 1.87. The third kappa shape index (κ3) is 5.11. The minimum absolute atomic E-state index is 0.226. The normalized spacial score (nSPS) is 16.8. The number of morpholine rings is 1. The quantitative estimate of drug-likeness (QED) is 0.242. The third-order valence-corrected chi connectivity index (χ3v) is 8.61. The zero-order valence-corrected chi connectivity index (χ0v) is 23.7. The lowest BCUT2D eigenvalue weighted by atomic mass is 9.73. The molecule has 1 aliphatic heterocycles. The molecule has 1 saturated heterocycles. The van der Waals surface area contributed by atoms with Crippen molar-refractivity contribution in [2.75, 3.05) is 43.9 Å². The molecule has 0 unspecified atom stereocenters. The summed E-state index contributed by atoms with van der Waals surface area (Å²) < 4.78 is 7.57. The standard InChI is InChI=1S/C33H36N8O/c34-30-26(6-3-17-36-30)31-38-28-12-13-29(37-27-7-2-1-5-23(27)14-18-40-19-21-42-22-20-40)39-32(28)41(31)25-10-8-24(9-11-25)33(35)15-4-16-33/h1-3,5-13,17H,4,14-16,18-22,35H2,(H2,34,36)(H,37,39). The second-order valence-corrected chi connectivity index (χ2v) is 11.3. The van der Waals surface area contributed by atoms with E-state index in [0.717, 1.165) is 91.6 Å². The van der Waals surface area contributed by atoms with Gasteiger partial charge in [0.1, 0.15) is 17.2 Å². The first-order valence-corrected chi connectivity index (χ1v) is 14.7. The molecule has 5 N–H and O–H groups in total. The Morgan fingerprint density at radius 3 is 2.48 bits per heavy atom. The number of anilines is 3. The van der Waals surface area contributed by atoms with E-state index in [1.54, 1.807) is 6.20 Å². The van der Waals surface area contributed by atoms with Gasteiger partial charge in [0.25, 0.3) is 0 Å². The highest BCUT2D eigenvalue weighted by molar-refractivity contribution is 5.84. The molecule has 3 aromatic heterocycles. The first-order valence-electron chi connectivity index (χ1n) is 14.7. The highest BCUT2D eigenvalue weighted by Crippen LogP contribution is 2.39. The van der Waals surface area contributed by atoms with Gasteiger partial charge in [-0.1, -0.05) is 30.3 Å².